The van der Waals surface area contributed by atoms with Gasteiger partial charge in [-0.05, 0) is 12.1 Å². The van der Waals surface area contributed by atoms with Gasteiger partial charge in [0, 0.05) is 6.54 Å². The first kappa shape index (κ1) is 9.51. The summed E-state index contributed by atoms with van der Waals surface area (Å²) in [5.74, 6) is -0.747. The van der Waals surface area contributed by atoms with Gasteiger partial charge in [-0.25, -0.2) is 0 Å². The molecular weight excluding hydrogens is 196 g/mol. The van der Waals surface area contributed by atoms with E-state index in [0.29, 0.717) is 18.8 Å². The number of hydrogen-bond donors (Lipinski definition) is 1. The summed E-state index contributed by atoms with van der Waals surface area (Å²) >= 11 is 0. The first-order valence-electron chi connectivity index (χ1n) is 4.60. The fourth-order valence-electron chi connectivity index (χ4n) is 1.26. The van der Waals surface area contributed by atoms with Crippen molar-refractivity contribution in [3.8, 4) is 5.75 Å². The number of piperazine rings is 1. The number of nitrogens with zero attached hydrogens (tertiary/aromatic N) is 1. The molecule has 1 aromatic rings. The Morgan fingerprint density at radius 1 is 1.20 bits per heavy atom. The van der Waals surface area contributed by atoms with Gasteiger partial charge in [0.05, 0.1) is 6.54 Å². The van der Waals surface area contributed by atoms with Crippen molar-refractivity contribution in [1.82, 2.24) is 10.4 Å². The van der Waals surface area contributed by atoms with Gasteiger partial charge in [0.1, 0.15) is 0 Å². The molecule has 1 heterocycles. The molecule has 1 N–H and O–H groups in total. The van der Waals surface area contributed by atoms with E-state index in [1.807, 2.05) is 6.07 Å². The quantitative estimate of drug-likeness (QED) is 0.689. The van der Waals surface area contributed by atoms with Crippen LogP contribution >= 0.6 is 0 Å². The van der Waals surface area contributed by atoms with Crippen molar-refractivity contribution < 1.29 is 14.4 Å². The molecule has 1 saturated heterocycles. The highest BCUT2D eigenvalue weighted by Gasteiger charge is 2.27. The van der Waals surface area contributed by atoms with Crippen LogP contribution < -0.4 is 10.2 Å². The molecule has 1 aliphatic heterocycles. The average molecular weight is 206 g/mol. The molecule has 5 heteroatoms. The van der Waals surface area contributed by atoms with Gasteiger partial charge in [0.2, 0.25) is 0 Å². The van der Waals surface area contributed by atoms with E-state index in [4.69, 9.17) is 4.84 Å². The lowest BCUT2D eigenvalue weighted by atomic mass is 10.3. The molecule has 0 atom stereocenters. The number of rotatable bonds is 2. The summed E-state index contributed by atoms with van der Waals surface area (Å²) in [6, 6.07) is 8.88. The van der Waals surface area contributed by atoms with Gasteiger partial charge in [-0.3, -0.25) is 9.59 Å². The summed E-state index contributed by atoms with van der Waals surface area (Å²) < 4.78 is 0. The molecule has 2 amide bonds. The lowest BCUT2D eigenvalue weighted by molar-refractivity contribution is -0.168. The summed E-state index contributed by atoms with van der Waals surface area (Å²) in [6.45, 7) is 0.775. The zero-order valence-corrected chi connectivity index (χ0v) is 7.97. The van der Waals surface area contributed by atoms with Gasteiger partial charge >= 0.3 is 11.8 Å². The Hall–Kier alpha value is -2.04. The van der Waals surface area contributed by atoms with Crippen LogP contribution in [0.1, 0.15) is 0 Å². The number of nitrogens with one attached hydrogen (secondary N) is 1. The van der Waals surface area contributed by atoms with Crippen molar-refractivity contribution in [2.24, 2.45) is 0 Å². The first-order valence-corrected chi connectivity index (χ1v) is 4.60. The predicted octanol–water partition coefficient (Wildman–Crippen LogP) is -0.0612. The maximum atomic E-state index is 11.3. The molecule has 0 spiro atoms. The van der Waals surface area contributed by atoms with Crippen LogP contribution in [0, 0.1) is 0 Å². The van der Waals surface area contributed by atoms with E-state index in [1.165, 1.54) is 0 Å². The van der Waals surface area contributed by atoms with Gasteiger partial charge in [0.15, 0.2) is 5.75 Å². The lowest BCUT2D eigenvalue weighted by Crippen LogP contribution is -2.53. The second-order valence-electron chi connectivity index (χ2n) is 3.07. The van der Waals surface area contributed by atoms with E-state index in [-0.39, 0.29) is 0 Å². The second kappa shape index (κ2) is 4.00. The maximum Gasteiger partial charge on any atom is 0.344 e. The lowest BCUT2D eigenvalue weighted by Gasteiger charge is -2.25. The molecule has 0 saturated carbocycles. The van der Waals surface area contributed by atoms with Crippen LogP contribution in [-0.4, -0.2) is 30.0 Å². The summed E-state index contributed by atoms with van der Waals surface area (Å²) in [4.78, 5) is 27.6. The highest BCUT2D eigenvalue weighted by molar-refractivity contribution is 6.35. The van der Waals surface area contributed by atoms with Crippen LogP contribution in [0.3, 0.4) is 0 Å². The Labute approximate surface area is 86.6 Å². The van der Waals surface area contributed by atoms with Crippen molar-refractivity contribution in [3.63, 3.8) is 0 Å². The van der Waals surface area contributed by atoms with Crippen molar-refractivity contribution in [3.05, 3.63) is 30.3 Å². The minimum absolute atomic E-state index is 0.361. The van der Waals surface area contributed by atoms with Gasteiger partial charge < -0.3 is 10.2 Å². The minimum Gasteiger partial charge on any atom is -0.376 e. The van der Waals surface area contributed by atoms with Crippen molar-refractivity contribution in [1.29, 1.82) is 0 Å². The summed E-state index contributed by atoms with van der Waals surface area (Å²) in [5.41, 5.74) is 0. The van der Waals surface area contributed by atoms with E-state index >= 15 is 0 Å². The molecule has 78 valence electrons. The van der Waals surface area contributed by atoms with Crippen LogP contribution in [0.5, 0.6) is 5.75 Å². The molecular formula is C10H10N2O3. The molecule has 0 aromatic heterocycles. The van der Waals surface area contributed by atoms with Crippen LogP contribution in [-0.2, 0) is 9.59 Å². The van der Waals surface area contributed by atoms with Gasteiger partial charge in [0.25, 0.3) is 0 Å². The molecule has 0 unspecified atom stereocenters. The Morgan fingerprint density at radius 3 is 2.67 bits per heavy atom. The highest BCUT2D eigenvalue weighted by Crippen LogP contribution is 2.11. The van der Waals surface area contributed by atoms with Gasteiger partial charge in [-0.15, -0.1) is 0 Å². The molecule has 1 aliphatic rings. The van der Waals surface area contributed by atoms with E-state index in [0.717, 1.165) is 5.06 Å². The van der Waals surface area contributed by atoms with E-state index in [1.54, 1.807) is 24.3 Å². The Morgan fingerprint density at radius 2 is 1.93 bits per heavy atom. The average Bonchev–Trinajstić information content (AvgIpc) is 2.26. The third-order valence-corrected chi connectivity index (χ3v) is 1.98. The normalized spacial score (nSPS) is 16.1. The van der Waals surface area contributed by atoms with E-state index in [2.05, 4.69) is 5.32 Å². The molecule has 1 aromatic carbocycles. The molecule has 1 fully saturated rings. The molecule has 0 radical (unpaired) electrons. The smallest absolute Gasteiger partial charge is 0.344 e. The SMILES string of the molecule is O=C1NCCN(Oc2ccccc2)C1=O. The molecule has 0 bridgehead atoms. The Balaban J connectivity index is 2.06. The molecule has 5 nitrogen and oxygen atoms in total. The summed E-state index contributed by atoms with van der Waals surface area (Å²) in [5, 5.41) is 3.50. The fourth-order valence-corrected chi connectivity index (χ4v) is 1.26. The highest BCUT2D eigenvalue weighted by atomic mass is 16.7. The summed E-state index contributed by atoms with van der Waals surface area (Å²) in [6.07, 6.45) is 0. The zero-order valence-electron chi connectivity index (χ0n) is 7.97. The van der Waals surface area contributed by atoms with Crippen LogP contribution in [0.2, 0.25) is 0 Å². The number of carbonyl (C=O) groups excluding carboxylic acids is 2. The number of hydroxylamine groups is 2. The molecule has 2 rings (SSSR count). The minimum atomic E-state index is -0.662. The monoisotopic (exact) mass is 206 g/mol. The van der Waals surface area contributed by atoms with Crippen molar-refractivity contribution in [2.45, 2.75) is 0 Å². The number of benzene rings is 1. The van der Waals surface area contributed by atoms with Gasteiger partial charge in [-0.1, -0.05) is 18.2 Å². The third kappa shape index (κ3) is 2.07. The predicted molar refractivity (Wildman–Crippen MR) is 51.8 cm³/mol. The van der Waals surface area contributed by atoms with E-state index in [9.17, 15) is 9.59 Å². The van der Waals surface area contributed by atoms with Crippen molar-refractivity contribution in [2.75, 3.05) is 13.1 Å². The largest absolute Gasteiger partial charge is 0.376 e. The van der Waals surface area contributed by atoms with Crippen molar-refractivity contribution >= 4 is 11.8 Å². The van der Waals surface area contributed by atoms with Crippen LogP contribution in [0.15, 0.2) is 30.3 Å². The summed E-state index contributed by atoms with van der Waals surface area (Å²) in [7, 11) is 0. The fraction of sp³-hybridized carbons (Fsp3) is 0.200. The maximum absolute atomic E-state index is 11.3. The first-order chi connectivity index (χ1) is 7.27. The zero-order chi connectivity index (χ0) is 10.7. The Kier molecular flexibility index (Phi) is 2.53. The number of hydrogen-bond acceptors (Lipinski definition) is 3. The second-order valence-corrected chi connectivity index (χ2v) is 3.07. The standard InChI is InChI=1S/C10H10N2O3/c13-9-10(14)12(7-6-11-9)15-8-4-2-1-3-5-8/h1-5H,6-7H2,(H,11,13). The third-order valence-electron chi connectivity index (χ3n) is 1.98. The Bertz CT molecular complexity index is 378. The number of para-hydroxylation sites is 1. The van der Waals surface area contributed by atoms with Gasteiger partial charge in [-0.2, -0.15) is 5.06 Å². The topological polar surface area (TPSA) is 58.6 Å². The van der Waals surface area contributed by atoms with Crippen LogP contribution in [0.4, 0.5) is 0 Å². The molecule has 0 aliphatic carbocycles. The van der Waals surface area contributed by atoms with Crippen LogP contribution in [0.25, 0.3) is 0 Å². The van der Waals surface area contributed by atoms with E-state index < -0.39 is 11.8 Å². The number of amides is 2. The number of carbonyl (C=O) groups is 2. The molecule has 15 heavy (non-hydrogen) atoms.